The molecule has 5 nitrogen and oxygen atoms in total. The van der Waals surface area contributed by atoms with Crippen molar-refractivity contribution < 1.29 is 14.6 Å². The van der Waals surface area contributed by atoms with E-state index in [4.69, 9.17) is 5.11 Å². The molecule has 0 unspecified atom stereocenters. The van der Waals surface area contributed by atoms with E-state index in [1.165, 1.54) is 0 Å². The molecule has 1 aliphatic heterocycles. The van der Waals surface area contributed by atoms with Crippen LogP contribution in [0.4, 0.5) is 0 Å². The number of nitrogens with zero attached hydrogens (tertiary/aromatic N) is 1. The minimum Gasteiger partial charge on any atom is -0.756 e. The first-order valence-corrected chi connectivity index (χ1v) is 2.70. The number of ether oxygens (including phenoxy) is 1. The molecule has 0 radical (unpaired) electrons. The second-order valence-corrected chi connectivity index (χ2v) is 1.74. The molecule has 10 heavy (non-hydrogen) atoms. The Morgan fingerprint density at radius 1 is 1.90 bits per heavy atom. The third-order valence-corrected chi connectivity index (χ3v) is 1.00. The minimum absolute atomic E-state index is 0.118. The Morgan fingerprint density at radius 2 is 2.60 bits per heavy atom. The van der Waals surface area contributed by atoms with Crippen molar-refractivity contribution in [2.75, 3.05) is 13.2 Å². The van der Waals surface area contributed by atoms with Crippen molar-refractivity contribution in [3.63, 3.8) is 0 Å². The summed E-state index contributed by atoms with van der Waals surface area (Å²) in [4.78, 5) is 10.4. The number of hydrogen-bond donors (Lipinski definition) is 1. The van der Waals surface area contributed by atoms with Crippen LogP contribution in [-0.2, 0) is 9.53 Å². The van der Waals surface area contributed by atoms with E-state index < -0.39 is 5.97 Å². The summed E-state index contributed by atoms with van der Waals surface area (Å²) in [5, 5.41) is 19.3. The van der Waals surface area contributed by atoms with Crippen LogP contribution in [0.2, 0.25) is 0 Å². The Morgan fingerprint density at radius 3 is 3.00 bits per heavy atom. The van der Waals surface area contributed by atoms with Crippen LogP contribution in [0, 0.1) is 5.21 Å². The average molecular weight is 144 g/mol. The van der Waals surface area contributed by atoms with Crippen LogP contribution >= 0.6 is 0 Å². The Hall–Kier alpha value is -1.07. The van der Waals surface area contributed by atoms with Crippen molar-refractivity contribution in [1.29, 1.82) is 0 Å². The molecule has 0 saturated carbocycles. The third-order valence-electron chi connectivity index (χ3n) is 1.00. The molecule has 1 N–H and O–H groups in total. The van der Waals surface area contributed by atoms with Gasteiger partial charge in [0.15, 0.2) is 5.88 Å². The van der Waals surface area contributed by atoms with Crippen LogP contribution in [0.15, 0.2) is 12.0 Å². The van der Waals surface area contributed by atoms with Crippen molar-refractivity contribution in [2.24, 2.45) is 0 Å². The Balaban J connectivity index is 2.63. The van der Waals surface area contributed by atoms with Gasteiger partial charge in [0, 0.05) is 6.08 Å². The molecule has 1 rings (SSSR count). The fraction of sp³-hybridized carbons (Fsp3) is 0.400. The summed E-state index contributed by atoms with van der Waals surface area (Å²) >= 11 is 0. The van der Waals surface area contributed by atoms with Crippen LogP contribution in [0.5, 0.6) is 0 Å². The predicted molar refractivity (Wildman–Crippen MR) is 31.3 cm³/mol. The molecule has 0 bridgehead atoms. The number of aliphatic hydroxyl groups is 1. The molecule has 0 amide bonds. The van der Waals surface area contributed by atoms with E-state index in [1.807, 2.05) is 0 Å². The van der Waals surface area contributed by atoms with Crippen molar-refractivity contribution in [1.82, 2.24) is 5.06 Å². The van der Waals surface area contributed by atoms with Crippen LogP contribution in [0.25, 0.3) is 0 Å². The van der Waals surface area contributed by atoms with Gasteiger partial charge in [0.05, 0.1) is 6.61 Å². The molecule has 1 saturated heterocycles. The number of hydrogen-bond acceptors (Lipinski definition) is 5. The van der Waals surface area contributed by atoms with Gasteiger partial charge < -0.3 is 20.1 Å². The summed E-state index contributed by atoms with van der Waals surface area (Å²) in [6.45, 7) is -0.590. The molecule has 0 spiro atoms. The summed E-state index contributed by atoms with van der Waals surface area (Å²) in [6, 6.07) is 0. The lowest BCUT2D eigenvalue weighted by molar-refractivity contribution is -0.134. The summed E-state index contributed by atoms with van der Waals surface area (Å²) in [5.74, 6) is -0.706. The number of carbonyl (C=O) groups is 1. The maximum Gasteiger partial charge on any atom is 0.331 e. The van der Waals surface area contributed by atoms with Gasteiger partial charge in [0.25, 0.3) is 0 Å². The van der Waals surface area contributed by atoms with Crippen molar-refractivity contribution in [3.8, 4) is 0 Å². The molecule has 0 aromatic heterocycles. The van der Waals surface area contributed by atoms with Gasteiger partial charge in [-0.05, 0) is 0 Å². The molecule has 56 valence electrons. The van der Waals surface area contributed by atoms with E-state index >= 15 is 0 Å². The molecule has 0 aromatic rings. The number of cyclic esters (lactones) is 1. The Kier molecular flexibility index (Phi) is 1.88. The molecule has 1 heterocycles. The normalized spacial score (nSPS) is 22.0. The van der Waals surface area contributed by atoms with Crippen molar-refractivity contribution in [2.45, 2.75) is 0 Å². The molecular formula is C5H6NO4-. The highest BCUT2D eigenvalue weighted by Gasteiger charge is 2.17. The molecular weight excluding hydrogens is 138 g/mol. The number of carbonyl (C=O) groups excluding carboxylic acids is 1. The first-order chi connectivity index (χ1) is 4.74. The highest BCUT2D eigenvalue weighted by atomic mass is 16.6. The highest BCUT2D eigenvalue weighted by Crippen LogP contribution is 2.11. The molecule has 1 fully saturated rings. The van der Waals surface area contributed by atoms with Gasteiger partial charge in [0.1, 0.15) is 6.54 Å². The standard InChI is InChI=1S/C5H6NO4/c7-2-1-4-6(9)3-5(8)10-4/h1,7H,2-3H2/q-1. The zero-order valence-corrected chi connectivity index (χ0v) is 5.11. The summed E-state index contributed by atoms with van der Waals surface area (Å²) in [5.41, 5.74) is 0. The van der Waals surface area contributed by atoms with Crippen molar-refractivity contribution in [3.05, 3.63) is 17.2 Å². The van der Waals surface area contributed by atoms with E-state index in [-0.39, 0.29) is 19.0 Å². The smallest absolute Gasteiger partial charge is 0.331 e. The summed E-state index contributed by atoms with van der Waals surface area (Å²) in [7, 11) is 0. The molecule has 0 aliphatic carbocycles. The SMILES string of the molecule is O=C1CN([O-])C(=CCO)O1. The van der Waals surface area contributed by atoms with Crippen LogP contribution in [0.1, 0.15) is 0 Å². The first-order valence-electron chi connectivity index (χ1n) is 2.70. The van der Waals surface area contributed by atoms with Crippen LogP contribution in [0.3, 0.4) is 0 Å². The molecule has 1 aliphatic rings. The quantitative estimate of drug-likeness (QED) is 0.486. The van der Waals surface area contributed by atoms with Gasteiger partial charge in [-0.1, -0.05) is 0 Å². The molecule has 5 heteroatoms. The van der Waals surface area contributed by atoms with Gasteiger partial charge in [-0.3, -0.25) is 0 Å². The topological polar surface area (TPSA) is 72.8 Å². The number of rotatable bonds is 1. The lowest BCUT2D eigenvalue weighted by Gasteiger charge is -2.20. The fourth-order valence-electron chi connectivity index (χ4n) is 0.617. The zero-order chi connectivity index (χ0) is 7.56. The van der Waals surface area contributed by atoms with Gasteiger partial charge in [-0.2, -0.15) is 0 Å². The maximum absolute atomic E-state index is 10.6. The van der Waals surface area contributed by atoms with E-state index in [0.717, 1.165) is 6.08 Å². The van der Waals surface area contributed by atoms with Crippen LogP contribution < -0.4 is 0 Å². The molecule has 0 aromatic carbocycles. The van der Waals surface area contributed by atoms with Gasteiger partial charge in [0.2, 0.25) is 0 Å². The number of esters is 1. The van der Waals surface area contributed by atoms with E-state index in [1.54, 1.807) is 0 Å². The monoisotopic (exact) mass is 144 g/mol. The fourth-order valence-corrected chi connectivity index (χ4v) is 0.617. The van der Waals surface area contributed by atoms with Crippen molar-refractivity contribution >= 4 is 5.97 Å². The van der Waals surface area contributed by atoms with E-state index in [0.29, 0.717) is 5.06 Å². The minimum atomic E-state index is -0.588. The summed E-state index contributed by atoms with van der Waals surface area (Å²) in [6.07, 6.45) is 1.14. The van der Waals surface area contributed by atoms with E-state index in [2.05, 4.69) is 4.74 Å². The second kappa shape index (κ2) is 2.68. The number of hydroxylamine groups is 2. The largest absolute Gasteiger partial charge is 0.756 e. The Bertz CT molecular complexity index is 176. The predicted octanol–water partition coefficient (Wildman–Crippen LogP) is -0.823. The lowest BCUT2D eigenvalue weighted by atomic mass is 10.6. The maximum atomic E-state index is 10.6. The van der Waals surface area contributed by atoms with Gasteiger partial charge >= 0.3 is 5.97 Å². The van der Waals surface area contributed by atoms with Gasteiger partial charge in [-0.15, -0.1) is 0 Å². The zero-order valence-electron chi connectivity index (χ0n) is 5.11. The average Bonchev–Trinajstić information content (AvgIpc) is 2.13. The Labute approximate surface area is 57.1 Å². The number of aliphatic hydroxyl groups excluding tert-OH is 1. The third kappa shape index (κ3) is 1.26. The van der Waals surface area contributed by atoms with Crippen LogP contribution in [-0.4, -0.2) is 29.3 Å². The van der Waals surface area contributed by atoms with E-state index in [9.17, 15) is 10.0 Å². The first kappa shape index (κ1) is 7.04. The lowest BCUT2D eigenvalue weighted by Crippen LogP contribution is -2.10. The van der Waals surface area contributed by atoms with Gasteiger partial charge in [-0.25, -0.2) is 4.79 Å². The molecule has 0 atom stereocenters. The summed E-state index contributed by atoms with van der Waals surface area (Å²) < 4.78 is 4.39. The highest BCUT2D eigenvalue weighted by molar-refractivity contribution is 5.75. The second-order valence-electron chi connectivity index (χ2n) is 1.74.